The summed E-state index contributed by atoms with van der Waals surface area (Å²) in [6.07, 6.45) is 0.548. The summed E-state index contributed by atoms with van der Waals surface area (Å²) in [5.41, 5.74) is 3.00. The molecule has 4 nitrogen and oxygen atoms in total. The second kappa shape index (κ2) is 5.91. The number of aliphatic hydroxyl groups excluding tert-OH is 1. The normalized spacial score (nSPS) is 25.4. The first-order chi connectivity index (χ1) is 8.16. The molecule has 0 bridgehead atoms. The summed E-state index contributed by atoms with van der Waals surface area (Å²) in [4.78, 5) is 7.79. The minimum atomic E-state index is -0.214. The third kappa shape index (κ3) is 3.48. The van der Waals surface area contributed by atoms with E-state index in [1.807, 2.05) is 12.4 Å². The van der Waals surface area contributed by atoms with Crippen molar-refractivity contribution in [2.75, 3.05) is 26.8 Å². The summed E-state index contributed by atoms with van der Waals surface area (Å²) in [6, 6.07) is 0. The Morgan fingerprint density at radius 1 is 1.65 bits per heavy atom. The third-order valence-corrected chi connectivity index (χ3v) is 4.16. The van der Waals surface area contributed by atoms with Gasteiger partial charge in [-0.3, -0.25) is 0 Å². The second-order valence-electron chi connectivity index (χ2n) is 4.75. The number of hydrogen-bond acceptors (Lipinski definition) is 5. The van der Waals surface area contributed by atoms with E-state index in [1.54, 1.807) is 11.3 Å². The molecule has 5 heteroatoms. The molecule has 1 aliphatic rings. The van der Waals surface area contributed by atoms with Crippen molar-refractivity contribution in [2.24, 2.45) is 5.92 Å². The van der Waals surface area contributed by atoms with Gasteiger partial charge < -0.3 is 14.7 Å². The molecule has 1 fully saturated rings. The number of aryl methyl sites for hydroxylation is 1. The van der Waals surface area contributed by atoms with Crippen LogP contribution in [0.15, 0.2) is 5.51 Å². The van der Waals surface area contributed by atoms with Gasteiger partial charge in [0.1, 0.15) is 0 Å². The lowest BCUT2D eigenvalue weighted by Gasteiger charge is -2.31. The quantitative estimate of drug-likeness (QED) is 0.881. The zero-order valence-electron chi connectivity index (χ0n) is 10.4. The fourth-order valence-electron chi connectivity index (χ4n) is 2.15. The Balaban J connectivity index is 1.84. The van der Waals surface area contributed by atoms with E-state index in [0.717, 1.165) is 25.2 Å². The highest BCUT2D eigenvalue weighted by atomic mass is 32.1. The van der Waals surface area contributed by atoms with Gasteiger partial charge in [0.15, 0.2) is 0 Å². The van der Waals surface area contributed by atoms with Crippen LogP contribution in [-0.2, 0) is 11.3 Å². The molecule has 0 amide bonds. The standard InChI is InChI=1S/C12H20N2O2S/c1-9-12(17-8-13-9)6-14(2)5-10-7-16-4-3-11(10)15/h8,10-11,15H,3-7H2,1-2H3. The minimum Gasteiger partial charge on any atom is -0.393 e. The molecule has 1 aromatic rings. The Kier molecular flexibility index (Phi) is 4.50. The predicted octanol–water partition coefficient (Wildman–Crippen LogP) is 1.28. The van der Waals surface area contributed by atoms with Crippen molar-refractivity contribution in [1.82, 2.24) is 9.88 Å². The van der Waals surface area contributed by atoms with Crippen molar-refractivity contribution in [3.05, 3.63) is 16.1 Å². The molecule has 0 spiro atoms. The van der Waals surface area contributed by atoms with E-state index in [2.05, 4.69) is 16.9 Å². The van der Waals surface area contributed by atoms with Crippen LogP contribution in [0.5, 0.6) is 0 Å². The zero-order chi connectivity index (χ0) is 12.3. The summed E-state index contributed by atoms with van der Waals surface area (Å²) in [7, 11) is 2.08. The van der Waals surface area contributed by atoms with Crippen LogP contribution in [0, 0.1) is 12.8 Å². The Morgan fingerprint density at radius 2 is 2.47 bits per heavy atom. The molecule has 0 saturated carbocycles. The monoisotopic (exact) mass is 256 g/mol. The van der Waals surface area contributed by atoms with Crippen molar-refractivity contribution in [1.29, 1.82) is 0 Å². The molecule has 17 heavy (non-hydrogen) atoms. The van der Waals surface area contributed by atoms with Crippen LogP contribution in [-0.4, -0.2) is 47.9 Å². The van der Waals surface area contributed by atoms with E-state index >= 15 is 0 Å². The van der Waals surface area contributed by atoms with Crippen molar-refractivity contribution in [3.63, 3.8) is 0 Å². The third-order valence-electron chi connectivity index (χ3n) is 3.24. The molecular weight excluding hydrogens is 236 g/mol. The Hall–Kier alpha value is -0.490. The van der Waals surface area contributed by atoms with E-state index in [9.17, 15) is 5.11 Å². The molecule has 0 radical (unpaired) electrons. The Morgan fingerprint density at radius 3 is 3.12 bits per heavy atom. The highest BCUT2D eigenvalue weighted by molar-refractivity contribution is 7.09. The van der Waals surface area contributed by atoms with Gasteiger partial charge in [0.05, 0.1) is 23.9 Å². The number of aliphatic hydroxyl groups is 1. The topological polar surface area (TPSA) is 45.6 Å². The van der Waals surface area contributed by atoms with Crippen molar-refractivity contribution < 1.29 is 9.84 Å². The summed E-state index contributed by atoms with van der Waals surface area (Å²) in [5.74, 6) is 0.238. The molecule has 0 aliphatic carbocycles. The average molecular weight is 256 g/mol. The molecule has 2 atom stereocenters. The fraction of sp³-hybridized carbons (Fsp3) is 0.750. The van der Waals surface area contributed by atoms with Crippen LogP contribution in [0.1, 0.15) is 17.0 Å². The largest absolute Gasteiger partial charge is 0.393 e. The van der Waals surface area contributed by atoms with E-state index in [1.165, 1.54) is 4.88 Å². The number of hydrogen-bond donors (Lipinski definition) is 1. The fourth-order valence-corrected chi connectivity index (χ4v) is 3.00. The van der Waals surface area contributed by atoms with E-state index in [0.29, 0.717) is 13.2 Å². The maximum atomic E-state index is 9.88. The van der Waals surface area contributed by atoms with E-state index in [4.69, 9.17) is 4.74 Å². The summed E-state index contributed by atoms with van der Waals surface area (Å²) in [6.45, 7) is 5.18. The first-order valence-corrected chi connectivity index (χ1v) is 6.88. The molecule has 96 valence electrons. The maximum absolute atomic E-state index is 9.88. The van der Waals surface area contributed by atoms with Gasteiger partial charge >= 0.3 is 0 Å². The van der Waals surface area contributed by atoms with Crippen LogP contribution >= 0.6 is 11.3 Å². The molecular formula is C12H20N2O2S. The minimum absolute atomic E-state index is 0.214. The van der Waals surface area contributed by atoms with Crippen LogP contribution in [0.4, 0.5) is 0 Å². The molecule has 2 rings (SSSR count). The van der Waals surface area contributed by atoms with E-state index < -0.39 is 0 Å². The first-order valence-electron chi connectivity index (χ1n) is 6.00. The number of aromatic nitrogens is 1. The summed E-state index contributed by atoms with van der Waals surface area (Å²) < 4.78 is 5.42. The lowest BCUT2D eigenvalue weighted by molar-refractivity contribution is -0.0450. The smallest absolute Gasteiger partial charge is 0.0798 e. The van der Waals surface area contributed by atoms with Crippen LogP contribution in [0.3, 0.4) is 0 Å². The van der Waals surface area contributed by atoms with Crippen molar-refractivity contribution in [2.45, 2.75) is 26.0 Å². The van der Waals surface area contributed by atoms with Crippen molar-refractivity contribution >= 4 is 11.3 Å². The molecule has 1 N–H and O–H groups in total. The number of thiazole rings is 1. The van der Waals surface area contributed by atoms with Crippen LogP contribution in [0.25, 0.3) is 0 Å². The van der Waals surface area contributed by atoms with E-state index in [-0.39, 0.29) is 12.0 Å². The predicted molar refractivity (Wildman–Crippen MR) is 68.1 cm³/mol. The Bertz CT molecular complexity index is 356. The summed E-state index contributed by atoms with van der Waals surface area (Å²) in [5, 5.41) is 9.88. The molecule has 1 aliphatic heterocycles. The molecule has 2 unspecified atom stereocenters. The number of nitrogens with zero attached hydrogens (tertiary/aromatic N) is 2. The van der Waals surface area contributed by atoms with Gasteiger partial charge in [0.2, 0.25) is 0 Å². The summed E-state index contributed by atoms with van der Waals surface area (Å²) >= 11 is 1.69. The average Bonchev–Trinajstić information content (AvgIpc) is 2.68. The molecule has 1 aromatic heterocycles. The van der Waals surface area contributed by atoms with Crippen LogP contribution < -0.4 is 0 Å². The molecule has 2 heterocycles. The Labute approximate surface area is 106 Å². The number of rotatable bonds is 4. The van der Waals surface area contributed by atoms with Crippen LogP contribution in [0.2, 0.25) is 0 Å². The van der Waals surface area contributed by atoms with Gasteiger partial charge in [0, 0.05) is 30.5 Å². The van der Waals surface area contributed by atoms with Gasteiger partial charge in [-0.2, -0.15) is 0 Å². The highest BCUT2D eigenvalue weighted by Crippen LogP contribution is 2.18. The lowest BCUT2D eigenvalue weighted by atomic mass is 9.98. The van der Waals surface area contributed by atoms with Crippen molar-refractivity contribution in [3.8, 4) is 0 Å². The van der Waals surface area contributed by atoms with Gasteiger partial charge in [-0.15, -0.1) is 11.3 Å². The van der Waals surface area contributed by atoms with Gasteiger partial charge in [-0.1, -0.05) is 0 Å². The highest BCUT2D eigenvalue weighted by Gasteiger charge is 2.25. The van der Waals surface area contributed by atoms with Gasteiger partial charge in [0.25, 0.3) is 0 Å². The first kappa shape index (κ1) is 13.0. The number of ether oxygens (including phenoxy) is 1. The lowest BCUT2D eigenvalue weighted by Crippen LogP contribution is -2.39. The second-order valence-corrected chi connectivity index (χ2v) is 5.69. The maximum Gasteiger partial charge on any atom is 0.0798 e. The molecule has 1 saturated heterocycles. The molecule has 0 aromatic carbocycles. The van der Waals surface area contributed by atoms with Gasteiger partial charge in [-0.05, 0) is 20.4 Å². The van der Waals surface area contributed by atoms with Gasteiger partial charge in [-0.25, -0.2) is 4.98 Å². The zero-order valence-corrected chi connectivity index (χ0v) is 11.2. The SMILES string of the molecule is Cc1ncsc1CN(C)CC1COCCC1O.